The smallest absolute Gasteiger partial charge is 0.256 e. The predicted molar refractivity (Wildman–Crippen MR) is 79.3 cm³/mol. The molecule has 1 aliphatic rings. The first-order valence-electron chi connectivity index (χ1n) is 7.07. The Bertz CT molecular complexity index is 490. The van der Waals surface area contributed by atoms with Gasteiger partial charge < -0.3 is 15.4 Å². The number of carbonyl (C=O) groups is 1. The molecule has 0 bridgehead atoms. The van der Waals surface area contributed by atoms with Gasteiger partial charge in [-0.05, 0) is 31.9 Å². The normalized spacial score (nSPS) is 22.4. The van der Waals surface area contributed by atoms with Crippen molar-refractivity contribution in [3.63, 3.8) is 0 Å². The van der Waals surface area contributed by atoms with Crippen molar-refractivity contribution >= 4 is 11.6 Å². The fourth-order valence-electron chi connectivity index (χ4n) is 2.84. The largest absolute Gasteiger partial charge is 0.391 e. The molecule has 4 N–H and O–H groups in total. The number of carbonyl (C=O) groups excluding carboxylic acids is 1. The lowest BCUT2D eigenvalue weighted by Gasteiger charge is -2.35. The average Bonchev–Trinajstić information content (AvgIpc) is 2.46. The van der Waals surface area contributed by atoms with Gasteiger partial charge in [0.25, 0.3) is 5.91 Å². The van der Waals surface area contributed by atoms with Gasteiger partial charge in [-0.3, -0.25) is 10.6 Å². The topological polar surface area (TPSA) is 78.6 Å². The van der Waals surface area contributed by atoms with Crippen LogP contribution in [0.3, 0.4) is 0 Å². The van der Waals surface area contributed by atoms with E-state index in [1.54, 1.807) is 18.0 Å². The second-order valence-corrected chi connectivity index (χ2v) is 5.53. The maximum atomic E-state index is 12.6. The molecule has 5 nitrogen and oxygen atoms in total. The lowest BCUT2D eigenvalue weighted by Crippen LogP contribution is -2.46. The van der Waals surface area contributed by atoms with E-state index in [0.717, 1.165) is 31.2 Å². The van der Waals surface area contributed by atoms with Crippen LogP contribution in [0.15, 0.2) is 18.2 Å². The van der Waals surface area contributed by atoms with Gasteiger partial charge in [0.05, 0.1) is 23.4 Å². The number of aliphatic hydroxyl groups is 1. The molecular weight excluding hydrogens is 254 g/mol. The molecule has 20 heavy (non-hydrogen) atoms. The highest BCUT2D eigenvalue weighted by Gasteiger charge is 2.30. The maximum absolute atomic E-state index is 12.6. The van der Waals surface area contributed by atoms with E-state index in [1.165, 1.54) is 0 Å². The Morgan fingerprint density at radius 1 is 1.40 bits per heavy atom. The standard InChI is InChI=1S/C15H23N3O2/c1-10-7-8-12(17-16)11(9-10)15(20)18(2)13-5-3-4-6-14(13)19/h7-9,13-14,17,19H,3-6,16H2,1-2H3. The highest BCUT2D eigenvalue weighted by Crippen LogP contribution is 2.25. The van der Waals surface area contributed by atoms with Crippen LogP contribution in [0.5, 0.6) is 0 Å². The van der Waals surface area contributed by atoms with Crippen LogP contribution < -0.4 is 11.3 Å². The van der Waals surface area contributed by atoms with Gasteiger partial charge in [-0.25, -0.2) is 0 Å². The zero-order valence-corrected chi connectivity index (χ0v) is 12.1. The van der Waals surface area contributed by atoms with Crippen LogP contribution in [0.2, 0.25) is 0 Å². The molecule has 110 valence electrons. The van der Waals surface area contributed by atoms with Gasteiger partial charge in [0, 0.05) is 7.05 Å². The molecule has 1 aromatic carbocycles. The van der Waals surface area contributed by atoms with E-state index in [2.05, 4.69) is 5.43 Å². The Morgan fingerprint density at radius 2 is 2.10 bits per heavy atom. The van der Waals surface area contributed by atoms with Crippen molar-refractivity contribution in [2.45, 2.75) is 44.8 Å². The molecule has 1 amide bonds. The SMILES string of the molecule is Cc1ccc(NN)c(C(=O)N(C)C2CCCCC2O)c1. The third-order valence-corrected chi connectivity index (χ3v) is 4.07. The Morgan fingerprint density at radius 3 is 2.75 bits per heavy atom. The van der Waals surface area contributed by atoms with Crippen molar-refractivity contribution in [3.05, 3.63) is 29.3 Å². The summed E-state index contributed by atoms with van der Waals surface area (Å²) >= 11 is 0. The van der Waals surface area contributed by atoms with Gasteiger partial charge in [-0.15, -0.1) is 0 Å². The van der Waals surface area contributed by atoms with Crippen LogP contribution >= 0.6 is 0 Å². The van der Waals surface area contributed by atoms with E-state index in [1.807, 2.05) is 19.1 Å². The molecule has 0 saturated heterocycles. The fourth-order valence-corrected chi connectivity index (χ4v) is 2.84. The Labute approximate surface area is 119 Å². The summed E-state index contributed by atoms with van der Waals surface area (Å²) in [5, 5.41) is 10.1. The first kappa shape index (κ1) is 14.8. The number of hydrogen-bond acceptors (Lipinski definition) is 4. The minimum absolute atomic E-state index is 0.104. The first-order valence-corrected chi connectivity index (χ1v) is 7.07. The molecule has 1 fully saturated rings. The molecule has 2 rings (SSSR count). The summed E-state index contributed by atoms with van der Waals surface area (Å²) in [6, 6.07) is 5.42. The average molecular weight is 277 g/mol. The van der Waals surface area contributed by atoms with Crippen LogP contribution in [-0.2, 0) is 0 Å². The maximum Gasteiger partial charge on any atom is 0.256 e. The molecule has 0 spiro atoms. The number of nitrogens with zero attached hydrogens (tertiary/aromatic N) is 1. The van der Waals surface area contributed by atoms with E-state index in [4.69, 9.17) is 5.84 Å². The number of likely N-dealkylation sites (N-methyl/N-ethyl adjacent to an activating group) is 1. The molecular formula is C15H23N3O2. The van der Waals surface area contributed by atoms with E-state index in [0.29, 0.717) is 11.3 Å². The number of nitrogen functional groups attached to an aromatic ring is 1. The molecule has 2 unspecified atom stereocenters. The first-order chi connectivity index (χ1) is 9.54. The number of aliphatic hydroxyl groups excluding tert-OH is 1. The highest BCUT2D eigenvalue weighted by molar-refractivity contribution is 5.99. The van der Waals surface area contributed by atoms with Gasteiger partial charge in [0.1, 0.15) is 0 Å². The van der Waals surface area contributed by atoms with E-state index >= 15 is 0 Å². The van der Waals surface area contributed by atoms with Crippen molar-refractivity contribution in [2.75, 3.05) is 12.5 Å². The molecule has 2 atom stereocenters. The monoisotopic (exact) mass is 277 g/mol. The minimum Gasteiger partial charge on any atom is -0.391 e. The third-order valence-electron chi connectivity index (χ3n) is 4.07. The number of aryl methyl sites for hydroxylation is 1. The van der Waals surface area contributed by atoms with Crippen LogP contribution in [0.1, 0.15) is 41.6 Å². The zero-order valence-electron chi connectivity index (χ0n) is 12.1. The summed E-state index contributed by atoms with van der Waals surface area (Å²) in [6.45, 7) is 1.94. The fraction of sp³-hybridized carbons (Fsp3) is 0.533. The number of hydrogen-bond donors (Lipinski definition) is 3. The highest BCUT2D eigenvalue weighted by atomic mass is 16.3. The van der Waals surface area contributed by atoms with Gasteiger partial charge in [0.15, 0.2) is 0 Å². The number of rotatable bonds is 3. The van der Waals surface area contributed by atoms with Crippen molar-refractivity contribution in [3.8, 4) is 0 Å². The molecule has 0 heterocycles. The summed E-state index contributed by atoms with van der Waals surface area (Å²) in [4.78, 5) is 14.3. The predicted octanol–water partition coefficient (Wildman–Crippen LogP) is 1.66. The van der Waals surface area contributed by atoms with Crippen molar-refractivity contribution in [1.82, 2.24) is 4.90 Å². The third kappa shape index (κ3) is 2.94. The summed E-state index contributed by atoms with van der Waals surface area (Å²) in [5.74, 6) is 5.37. The van der Waals surface area contributed by atoms with Crippen LogP contribution in [0.25, 0.3) is 0 Å². The van der Waals surface area contributed by atoms with Gasteiger partial charge in [0.2, 0.25) is 0 Å². The molecule has 1 aromatic rings. The lowest BCUT2D eigenvalue weighted by molar-refractivity contribution is 0.0268. The number of nitrogens with one attached hydrogen (secondary N) is 1. The van der Waals surface area contributed by atoms with Crippen LogP contribution in [-0.4, -0.2) is 35.1 Å². The Hall–Kier alpha value is -1.59. The molecule has 0 aromatic heterocycles. The summed E-state index contributed by atoms with van der Waals surface area (Å²) in [7, 11) is 1.75. The molecule has 5 heteroatoms. The van der Waals surface area contributed by atoms with Crippen molar-refractivity contribution < 1.29 is 9.90 Å². The second kappa shape index (κ2) is 6.24. The molecule has 0 radical (unpaired) electrons. The van der Waals surface area contributed by atoms with Crippen LogP contribution in [0.4, 0.5) is 5.69 Å². The second-order valence-electron chi connectivity index (χ2n) is 5.53. The van der Waals surface area contributed by atoms with Crippen molar-refractivity contribution in [1.29, 1.82) is 0 Å². The van der Waals surface area contributed by atoms with Gasteiger partial charge in [-0.1, -0.05) is 24.5 Å². The van der Waals surface area contributed by atoms with Crippen molar-refractivity contribution in [2.24, 2.45) is 5.84 Å². The minimum atomic E-state index is -0.434. The summed E-state index contributed by atoms with van der Waals surface area (Å²) < 4.78 is 0. The zero-order chi connectivity index (χ0) is 14.7. The van der Waals surface area contributed by atoms with Gasteiger partial charge in [-0.2, -0.15) is 0 Å². The molecule has 1 aliphatic carbocycles. The summed E-state index contributed by atoms with van der Waals surface area (Å²) in [6.07, 6.45) is 3.25. The molecule has 1 saturated carbocycles. The number of amides is 1. The number of nitrogens with two attached hydrogens (primary N) is 1. The lowest BCUT2D eigenvalue weighted by atomic mass is 9.91. The van der Waals surface area contributed by atoms with E-state index < -0.39 is 6.10 Å². The number of benzene rings is 1. The van der Waals surface area contributed by atoms with E-state index in [9.17, 15) is 9.90 Å². The quantitative estimate of drug-likeness (QED) is 0.580. The Kier molecular flexibility index (Phi) is 4.62. The summed E-state index contributed by atoms with van der Waals surface area (Å²) in [5.41, 5.74) is 4.73. The molecule has 0 aliphatic heterocycles. The van der Waals surface area contributed by atoms with Crippen LogP contribution in [0, 0.1) is 6.92 Å². The van der Waals surface area contributed by atoms with E-state index in [-0.39, 0.29) is 11.9 Å². The van der Waals surface area contributed by atoms with Gasteiger partial charge >= 0.3 is 0 Å². The Balaban J connectivity index is 2.23. The number of anilines is 1. The number of hydrazine groups is 1.